The van der Waals surface area contributed by atoms with Crippen LogP contribution in [0, 0.1) is 11.3 Å². The zero-order chi connectivity index (χ0) is 14.6. The van der Waals surface area contributed by atoms with E-state index in [1.807, 2.05) is 6.07 Å². The highest BCUT2D eigenvalue weighted by Gasteiger charge is 2.31. The van der Waals surface area contributed by atoms with Gasteiger partial charge in [0.05, 0.1) is 11.6 Å². The van der Waals surface area contributed by atoms with Gasteiger partial charge in [0.1, 0.15) is 0 Å². The third kappa shape index (κ3) is 3.37. The van der Waals surface area contributed by atoms with Gasteiger partial charge in [-0.3, -0.25) is 4.79 Å². The predicted molar refractivity (Wildman–Crippen MR) is 79.2 cm³/mol. The van der Waals surface area contributed by atoms with Gasteiger partial charge in [-0.25, -0.2) is 0 Å². The maximum atomic E-state index is 12.4. The van der Waals surface area contributed by atoms with Crippen molar-refractivity contribution in [3.8, 4) is 6.07 Å². The summed E-state index contributed by atoms with van der Waals surface area (Å²) in [5.74, 6) is 0.0180. The molecule has 0 aromatic heterocycles. The Morgan fingerprint density at radius 2 is 2.10 bits per heavy atom. The molecule has 0 aliphatic heterocycles. The average molecular weight is 271 g/mol. The fraction of sp³-hybridized carbons (Fsp3) is 0.500. The van der Waals surface area contributed by atoms with Crippen molar-refractivity contribution in [2.24, 2.45) is 5.73 Å². The van der Waals surface area contributed by atoms with Crippen LogP contribution in [0.1, 0.15) is 44.1 Å². The maximum absolute atomic E-state index is 12.4. The highest BCUT2D eigenvalue weighted by molar-refractivity contribution is 5.93. The molecular formula is C16H21N3O. The van der Waals surface area contributed by atoms with Crippen molar-refractivity contribution in [2.75, 3.05) is 11.9 Å². The minimum atomic E-state index is -0.351. The lowest BCUT2D eigenvalue weighted by Gasteiger charge is -2.34. The van der Waals surface area contributed by atoms with Crippen LogP contribution in [-0.4, -0.2) is 18.5 Å². The van der Waals surface area contributed by atoms with Gasteiger partial charge in [0, 0.05) is 24.7 Å². The smallest absolute Gasteiger partial charge is 0.228 e. The van der Waals surface area contributed by atoms with Crippen LogP contribution in [0.4, 0.5) is 5.69 Å². The Morgan fingerprint density at radius 1 is 1.40 bits per heavy atom. The highest BCUT2D eigenvalue weighted by Crippen LogP contribution is 2.29. The second-order valence-electron chi connectivity index (χ2n) is 5.71. The molecule has 106 valence electrons. The topological polar surface area (TPSA) is 70.1 Å². The molecule has 0 atom stereocenters. The quantitative estimate of drug-likeness (QED) is 0.918. The number of amides is 1. The minimum absolute atomic E-state index is 0.0180. The van der Waals surface area contributed by atoms with E-state index in [-0.39, 0.29) is 11.4 Å². The molecule has 20 heavy (non-hydrogen) atoms. The van der Waals surface area contributed by atoms with E-state index in [0.717, 1.165) is 31.4 Å². The number of hydrogen-bond donors (Lipinski definition) is 1. The molecule has 1 amide bonds. The van der Waals surface area contributed by atoms with Gasteiger partial charge in [-0.05, 0) is 31.0 Å². The predicted octanol–water partition coefficient (Wildman–Crippen LogP) is 2.57. The van der Waals surface area contributed by atoms with E-state index in [2.05, 4.69) is 6.07 Å². The Balaban J connectivity index is 2.06. The summed E-state index contributed by atoms with van der Waals surface area (Å²) in [5.41, 5.74) is 7.28. The minimum Gasteiger partial charge on any atom is -0.325 e. The van der Waals surface area contributed by atoms with Crippen LogP contribution < -0.4 is 10.6 Å². The van der Waals surface area contributed by atoms with E-state index >= 15 is 0 Å². The Bertz CT molecular complexity index is 527. The number of carbonyl (C=O) groups excluding carboxylic acids is 1. The van der Waals surface area contributed by atoms with Crippen molar-refractivity contribution < 1.29 is 4.79 Å². The van der Waals surface area contributed by atoms with Crippen LogP contribution in [0.15, 0.2) is 24.3 Å². The van der Waals surface area contributed by atoms with Crippen LogP contribution >= 0.6 is 0 Å². The van der Waals surface area contributed by atoms with E-state index < -0.39 is 0 Å². The van der Waals surface area contributed by atoms with Gasteiger partial charge in [-0.1, -0.05) is 25.3 Å². The summed E-state index contributed by atoms with van der Waals surface area (Å²) in [7, 11) is 1.74. The number of anilines is 1. The third-order valence-electron chi connectivity index (χ3n) is 4.09. The van der Waals surface area contributed by atoms with Crippen LogP contribution in [0.25, 0.3) is 0 Å². The van der Waals surface area contributed by atoms with Crippen LogP contribution in [0.2, 0.25) is 0 Å². The summed E-state index contributed by atoms with van der Waals surface area (Å²) in [4.78, 5) is 14.0. The van der Waals surface area contributed by atoms with E-state index in [1.54, 1.807) is 30.1 Å². The van der Waals surface area contributed by atoms with Crippen LogP contribution in [0.3, 0.4) is 0 Å². The summed E-state index contributed by atoms with van der Waals surface area (Å²) in [6.45, 7) is 0. The van der Waals surface area contributed by atoms with Gasteiger partial charge in [-0.2, -0.15) is 5.26 Å². The average Bonchev–Trinajstić information content (AvgIpc) is 2.46. The second-order valence-corrected chi connectivity index (χ2v) is 5.71. The molecule has 4 nitrogen and oxygen atoms in total. The van der Waals surface area contributed by atoms with Crippen molar-refractivity contribution in [1.29, 1.82) is 5.26 Å². The second kappa shape index (κ2) is 6.06. The first kappa shape index (κ1) is 14.5. The number of nitrogens with zero attached hydrogens (tertiary/aromatic N) is 2. The summed E-state index contributed by atoms with van der Waals surface area (Å²) < 4.78 is 0. The standard InChI is InChI=1S/C16H21N3O/c1-19(14-7-5-6-13(10-14)12-17)15(20)11-16(18)8-3-2-4-9-16/h5-7,10H,2-4,8-9,11,18H2,1H3. The number of carbonyl (C=O) groups is 1. The lowest BCUT2D eigenvalue weighted by atomic mass is 9.80. The summed E-state index contributed by atoms with van der Waals surface area (Å²) in [6.07, 6.45) is 5.65. The molecule has 1 aliphatic carbocycles. The molecule has 1 aromatic carbocycles. The van der Waals surface area contributed by atoms with Crippen molar-refractivity contribution in [1.82, 2.24) is 0 Å². The zero-order valence-electron chi connectivity index (χ0n) is 11.9. The molecule has 1 aromatic rings. The normalized spacial score (nSPS) is 17.2. The number of benzene rings is 1. The molecule has 0 heterocycles. The third-order valence-corrected chi connectivity index (χ3v) is 4.09. The molecular weight excluding hydrogens is 250 g/mol. The molecule has 1 fully saturated rings. The Morgan fingerprint density at radius 3 is 2.75 bits per heavy atom. The Labute approximate surface area is 120 Å². The first-order valence-corrected chi connectivity index (χ1v) is 7.10. The molecule has 1 saturated carbocycles. The van der Waals surface area contributed by atoms with Crippen LogP contribution in [0.5, 0.6) is 0 Å². The Kier molecular flexibility index (Phi) is 4.41. The maximum Gasteiger partial charge on any atom is 0.228 e. The van der Waals surface area contributed by atoms with Gasteiger partial charge < -0.3 is 10.6 Å². The molecule has 2 N–H and O–H groups in total. The lowest BCUT2D eigenvalue weighted by molar-refractivity contribution is -0.119. The molecule has 0 unspecified atom stereocenters. The first-order valence-electron chi connectivity index (χ1n) is 7.10. The Hall–Kier alpha value is -1.86. The van der Waals surface area contributed by atoms with Crippen molar-refractivity contribution in [2.45, 2.75) is 44.1 Å². The molecule has 0 bridgehead atoms. The fourth-order valence-corrected chi connectivity index (χ4v) is 2.78. The summed E-state index contributed by atoms with van der Waals surface area (Å²) in [5, 5.41) is 8.91. The van der Waals surface area contributed by atoms with Crippen molar-refractivity contribution >= 4 is 11.6 Å². The molecule has 0 spiro atoms. The van der Waals surface area contributed by atoms with Gasteiger partial charge in [0.2, 0.25) is 5.91 Å². The number of rotatable bonds is 3. The van der Waals surface area contributed by atoms with Gasteiger partial charge >= 0.3 is 0 Å². The number of hydrogen-bond acceptors (Lipinski definition) is 3. The molecule has 0 saturated heterocycles. The molecule has 0 radical (unpaired) electrons. The van der Waals surface area contributed by atoms with E-state index in [0.29, 0.717) is 12.0 Å². The largest absolute Gasteiger partial charge is 0.325 e. The first-order chi connectivity index (χ1) is 9.54. The number of nitrogens with two attached hydrogens (primary N) is 1. The van der Waals surface area contributed by atoms with Gasteiger partial charge in [-0.15, -0.1) is 0 Å². The number of nitriles is 1. The van der Waals surface area contributed by atoms with Crippen molar-refractivity contribution in [3.05, 3.63) is 29.8 Å². The monoisotopic (exact) mass is 271 g/mol. The van der Waals surface area contributed by atoms with Crippen molar-refractivity contribution in [3.63, 3.8) is 0 Å². The fourth-order valence-electron chi connectivity index (χ4n) is 2.78. The van der Waals surface area contributed by atoms with E-state index in [4.69, 9.17) is 11.0 Å². The van der Waals surface area contributed by atoms with E-state index in [9.17, 15) is 4.79 Å². The molecule has 1 aliphatic rings. The van der Waals surface area contributed by atoms with Crippen LogP contribution in [-0.2, 0) is 4.79 Å². The summed E-state index contributed by atoms with van der Waals surface area (Å²) in [6, 6.07) is 9.17. The SMILES string of the molecule is CN(C(=O)CC1(N)CCCCC1)c1cccc(C#N)c1. The lowest BCUT2D eigenvalue weighted by Crippen LogP contribution is -2.46. The van der Waals surface area contributed by atoms with Gasteiger partial charge in [0.25, 0.3) is 0 Å². The van der Waals surface area contributed by atoms with E-state index in [1.165, 1.54) is 6.42 Å². The molecule has 4 heteroatoms. The highest BCUT2D eigenvalue weighted by atomic mass is 16.2. The van der Waals surface area contributed by atoms with Gasteiger partial charge in [0.15, 0.2) is 0 Å². The summed E-state index contributed by atoms with van der Waals surface area (Å²) >= 11 is 0. The molecule has 2 rings (SSSR count). The zero-order valence-corrected chi connectivity index (χ0v) is 11.9.